The molecule has 2 aliphatic heterocycles. The van der Waals surface area contributed by atoms with Gasteiger partial charge in [0.1, 0.15) is 5.69 Å². The van der Waals surface area contributed by atoms with E-state index in [2.05, 4.69) is 23.0 Å². The fourth-order valence-electron chi connectivity index (χ4n) is 3.84. The van der Waals surface area contributed by atoms with Crippen molar-refractivity contribution >= 4 is 23.5 Å². The Balaban J connectivity index is 1.55. The maximum Gasteiger partial charge on any atom is 0.277 e. The zero-order valence-corrected chi connectivity index (χ0v) is 15.6. The molecule has 1 aromatic heterocycles. The fraction of sp³-hybridized carbons (Fsp3) is 0.400. The Kier molecular flexibility index (Phi) is 4.51. The second kappa shape index (κ2) is 6.98. The van der Waals surface area contributed by atoms with Crippen molar-refractivity contribution in [3.8, 4) is 0 Å². The molecular weight excluding hydrogens is 342 g/mol. The van der Waals surface area contributed by atoms with Crippen LogP contribution >= 0.6 is 0 Å². The number of benzene rings is 1. The van der Waals surface area contributed by atoms with Crippen LogP contribution in [0.25, 0.3) is 0 Å². The first kappa shape index (κ1) is 17.5. The van der Waals surface area contributed by atoms with Crippen molar-refractivity contribution in [2.45, 2.75) is 26.3 Å². The Morgan fingerprint density at radius 3 is 2.56 bits per heavy atom. The van der Waals surface area contributed by atoms with Gasteiger partial charge in [0.25, 0.3) is 5.91 Å². The van der Waals surface area contributed by atoms with E-state index in [1.807, 2.05) is 32.9 Å². The molecule has 3 heterocycles. The van der Waals surface area contributed by atoms with E-state index in [9.17, 15) is 9.59 Å². The number of fused-ring (bicyclic) bond motifs is 1. The van der Waals surface area contributed by atoms with Crippen LogP contribution in [0, 0.1) is 0 Å². The summed E-state index contributed by atoms with van der Waals surface area (Å²) in [4.78, 5) is 39.2. The lowest BCUT2D eigenvalue weighted by atomic mass is 10.1. The maximum absolute atomic E-state index is 13.2. The van der Waals surface area contributed by atoms with Crippen molar-refractivity contribution < 1.29 is 9.59 Å². The lowest BCUT2D eigenvalue weighted by molar-refractivity contribution is -0.129. The van der Waals surface area contributed by atoms with Crippen molar-refractivity contribution in [1.29, 1.82) is 0 Å². The van der Waals surface area contributed by atoms with E-state index < -0.39 is 0 Å². The largest absolute Gasteiger partial charge is 0.339 e. The quantitative estimate of drug-likeness (QED) is 0.811. The summed E-state index contributed by atoms with van der Waals surface area (Å²) >= 11 is 0. The van der Waals surface area contributed by atoms with Crippen LogP contribution in [0.4, 0.5) is 11.6 Å². The van der Waals surface area contributed by atoms with Gasteiger partial charge in [0.05, 0.1) is 0 Å². The lowest BCUT2D eigenvalue weighted by Crippen LogP contribution is -2.48. The summed E-state index contributed by atoms with van der Waals surface area (Å²) in [5.74, 6) is 0.531. The second-order valence-corrected chi connectivity index (χ2v) is 7.09. The Morgan fingerprint density at radius 1 is 1.07 bits per heavy atom. The third kappa shape index (κ3) is 3.25. The number of nitrogens with zero attached hydrogens (tertiary/aromatic N) is 5. The molecule has 2 aromatic rings. The van der Waals surface area contributed by atoms with Crippen LogP contribution in [0.3, 0.4) is 0 Å². The van der Waals surface area contributed by atoms with E-state index in [-0.39, 0.29) is 17.9 Å². The number of anilines is 2. The maximum atomic E-state index is 13.2. The summed E-state index contributed by atoms with van der Waals surface area (Å²) in [6.45, 7) is 6.27. The normalized spacial score (nSPS) is 19.2. The van der Waals surface area contributed by atoms with Gasteiger partial charge in [-0.15, -0.1) is 0 Å². The van der Waals surface area contributed by atoms with E-state index in [1.165, 1.54) is 5.56 Å². The van der Waals surface area contributed by atoms with Gasteiger partial charge in [-0.3, -0.25) is 9.59 Å². The van der Waals surface area contributed by atoms with Crippen molar-refractivity contribution in [3.05, 3.63) is 47.8 Å². The number of para-hydroxylation sites is 1. The summed E-state index contributed by atoms with van der Waals surface area (Å²) in [6, 6.07) is 9.79. The molecule has 7 nitrogen and oxygen atoms in total. The molecule has 0 saturated carbocycles. The van der Waals surface area contributed by atoms with Gasteiger partial charge < -0.3 is 14.7 Å². The number of carbonyl (C=O) groups is 2. The average Bonchev–Trinajstić information content (AvgIpc) is 3.03. The van der Waals surface area contributed by atoms with Crippen molar-refractivity contribution in [2.75, 3.05) is 36.0 Å². The molecule has 1 saturated heterocycles. The molecular formula is C20H23N5O2. The third-order valence-corrected chi connectivity index (χ3v) is 5.30. The van der Waals surface area contributed by atoms with Gasteiger partial charge in [-0.2, -0.15) is 0 Å². The topological polar surface area (TPSA) is 69.6 Å². The molecule has 1 fully saturated rings. The third-order valence-electron chi connectivity index (χ3n) is 5.30. The van der Waals surface area contributed by atoms with Gasteiger partial charge in [0, 0.05) is 51.0 Å². The molecule has 2 amide bonds. The minimum atomic E-state index is -0.0986. The Bertz CT molecular complexity index is 876. The lowest BCUT2D eigenvalue weighted by Gasteiger charge is -2.34. The zero-order chi connectivity index (χ0) is 19.0. The smallest absolute Gasteiger partial charge is 0.277 e. The zero-order valence-electron chi connectivity index (χ0n) is 15.6. The van der Waals surface area contributed by atoms with Gasteiger partial charge in [0.2, 0.25) is 11.9 Å². The van der Waals surface area contributed by atoms with Crippen LogP contribution in [-0.2, 0) is 11.2 Å². The van der Waals surface area contributed by atoms with E-state index >= 15 is 0 Å². The van der Waals surface area contributed by atoms with Crippen LogP contribution in [0.15, 0.2) is 36.5 Å². The van der Waals surface area contributed by atoms with Gasteiger partial charge in [-0.25, -0.2) is 9.97 Å². The fourth-order valence-corrected chi connectivity index (χ4v) is 3.84. The minimum Gasteiger partial charge on any atom is -0.339 e. The highest BCUT2D eigenvalue weighted by atomic mass is 16.2. The molecule has 0 spiro atoms. The Hall–Kier alpha value is -2.96. The predicted molar refractivity (Wildman–Crippen MR) is 103 cm³/mol. The summed E-state index contributed by atoms with van der Waals surface area (Å²) in [7, 11) is 0. The highest BCUT2D eigenvalue weighted by Crippen LogP contribution is 2.32. The van der Waals surface area contributed by atoms with Gasteiger partial charge >= 0.3 is 0 Å². The van der Waals surface area contributed by atoms with Crippen LogP contribution in [-0.4, -0.2) is 58.9 Å². The molecule has 1 aromatic carbocycles. The predicted octanol–water partition coefficient (Wildman–Crippen LogP) is 1.74. The molecule has 0 N–H and O–H groups in total. The van der Waals surface area contributed by atoms with E-state index in [4.69, 9.17) is 0 Å². The van der Waals surface area contributed by atoms with E-state index in [1.54, 1.807) is 19.2 Å². The number of amides is 2. The Morgan fingerprint density at radius 2 is 1.81 bits per heavy atom. The number of piperazine rings is 1. The second-order valence-electron chi connectivity index (χ2n) is 7.09. The van der Waals surface area contributed by atoms with Gasteiger partial charge in [-0.05, 0) is 31.0 Å². The molecule has 1 unspecified atom stereocenters. The SMILES string of the molecule is CC(=O)N1CCN(c2nccc(C(=O)N3c4ccccc4CC3C)n2)CC1. The van der Waals surface area contributed by atoms with E-state index in [0.717, 1.165) is 12.1 Å². The number of rotatable bonds is 2. The first-order valence-electron chi connectivity index (χ1n) is 9.29. The number of aromatic nitrogens is 2. The molecule has 7 heteroatoms. The first-order valence-corrected chi connectivity index (χ1v) is 9.29. The van der Waals surface area contributed by atoms with Crippen LogP contribution < -0.4 is 9.80 Å². The molecule has 4 rings (SSSR count). The van der Waals surface area contributed by atoms with Crippen molar-refractivity contribution in [1.82, 2.24) is 14.9 Å². The van der Waals surface area contributed by atoms with Crippen molar-refractivity contribution in [2.24, 2.45) is 0 Å². The van der Waals surface area contributed by atoms with E-state index in [0.29, 0.717) is 37.8 Å². The summed E-state index contributed by atoms with van der Waals surface area (Å²) in [6.07, 6.45) is 2.49. The monoisotopic (exact) mass is 365 g/mol. The summed E-state index contributed by atoms with van der Waals surface area (Å²) in [5.41, 5.74) is 2.55. The minimum absolute atomic E-state index is 0.0844. The molecule has 0 radical (unpaired) electrons. The number of hydrogen-bond donors (Lipinski definition) is 0. The molecule has 27 heavy (non-hydrogen) atoms. The molecule has 0 bridgehead atoms. The van der Waals surface area contributed by atoms with Gasteiger partial charge in [0.15, 0.2) is 0 Å². The van der Waals surface area contributed by atoms with Crippen molar-refractivity contribution in [3.63, 3.8) is 0 Å². The summed E-state index contributed by atoms with van der Waals surface area (Å²) < 4.78 is 0. The molecule has 1 atom stereocenters. The summed E-state index contributed by atoms with van der Waals surface area (Å²) in [5, 5.41) is 0. The Labute approximate surface area is 158 Å². The molecule has 0 aliphatic carbocycles. The molecule has 140 valence electrons. The van der Waals surface area contributed by atoms with Crippen LogP contribution in [0.1, 0.15) is 29.9 Å². The number of carbonyl (C=O) groups excluding carboxylic acids is 2. The van der Waals surface area contributed by atoms with Gasteiger partial charge in [-0.1, -0.05) is 18.2 Å². The highest BCUT2D eigenvalue weighted by molar-refractivity contribution is 6.06. The average molecular weight is 365 g/mol. The standard InChI is InChI=1S/C20H23N5O2/c1-14-13-16-5-3-4-6-18(16)25(14)19(27)17-7-8-21-20(22-17)24-11-9-23(10-12-24)15(2)26/h3-8,14H,9-13H2,1-2H3. The first-order chi connectivity index (χ1) is 13.0. The highest BCUT2D eigenvalue weighted by Gasteiger charge is 2.32. The molecule has 2 aliphatic rings. The van der Waals surface area contributed by atoms with Crippen LogP contribution in [0.5, 0.6) is 0 Å². The number of hydrogen-bond acceptors (Lipinski definition) is 5. The van der Waals surface area contributed by atoms with Crippen LogP contribution in [0.2, 0.25) is 0 Å².